The van der Waals surface area contributed by atoms with Crippen LogP contribution in [-0.2, 0) is 9.53 Å². The highest BCUT2D eigenvalue weighted by molar-refractivity contribution is 6.42. The average Bonchev–Trinajstić information content (AvgIpc) is 2.79. The van der Waals surface area contributed by atoms with Crippen LogP contribution in [0.2, 0.25) is 10.0 Å². The van der Waals surface area contributed by atoms with E-state index in [-0.39, 0.29) is 30.2 Å². The van der Waals surface area contributed by atoms with Crippen LogP contribution in [0.3, 0.4) is 0 Å². The zero-order chi connectivity index (χ0) is 27.5. The molecule has 0 unspecified atom stereocenters. The van der Waals surface area contributed by atoms with E-state index in [0.717, 1.165) is 0 Å². The first-order chi connectivity index (χ1) is 17.4. The van der Waals surface area contributed by atoms with Gasteiger partial charge in [-0.3, -0.25) is 9.80 Å². The van der Waals surface area contributed by atoms with Crippen molar-refractivity contribution >= 4 is 41.2 Å². The van der Waals surface area contributed by atoms with Crippen LogP contribution in [0, 0.1) is 0 Å². The lowest BCUT2D eigenvalue weighted by Crippen LogP contribution is -2.59. The van der Waals surface area contributed by atoms with Crippen molar-refractivity contribution in [2.24, 2.45) is 0 Å². The van der Waals surface area contributed by atoms with E-state index >= 15 is 0 Å². The quantitative estimate of drug-likeness (QED) is 0.509. The second-order valence-electron chi connectivity index (χ2n) is 10.3. The molecule has 4 amide bonds. The molecule has 204 valence electrons. The predicted molar refractivity (Wildman–Crippen MR) is 145 cm³/mol. The van der Waals surface area contributed by atoms with E-state index in [1.54, 1.807) is 30.0 Å². The van der Waals surface area contributed by atoms with Crippen molar-refractivity contribution in [3.63, 3.8) is 0 Å². The molecule has 9 nitrogen and oxygen atoms in total. The maximum absolute atomic E-state index is 13.3. The molecule has 0 aromatic heterocycles. The first-order valence-corrected chi connectivity index (χ1v) is 13.4. The second-order valence-corrected chi connectivity index (χ2v) is 11.2. The standard InChI is InChI=1S/C26H37Cl2N5O4/c1-7-32-20(15-31-11-12-33(16(3)14-31)25(36)30-26(4,5)6)21(23(34)37-8-2)22(29-24(32)35)17-9-10-18(27)19(28)13-17/h9-10,13,16,22H,7-8,11-12,14-15H2,1-6H3,(H,29,35)(H,30,36)/t16-,22-/m0/s1. The Kier molecular flexibility index (Phi) is 9.37. The van der Waals surface area contributed by atoms with Gasteiger partial charge in [0.1, 0.15) is 0 Å². The molecule has 0 spiro atoms. The molecule has 37 heavy (non-hydrogen) atoms. The van der Waals surface area contributed by atoms with Crippen molar-refractivity contribution in [2.75, 3.05) is 39.3 Å². The van der Waals surface area contributed by atoms with Crippen LogP contribution in [0.1, 0.15) is 53.1 Å². The number of carbonyl (C=O) groups is 3. The summed E-state index contributed by atoms with van der Waals surface area (Å²) >= 11 is 12.4. The van der Waals surface area contributed by atoms with Crippen molar-refractivity contribution in [1.29, 1.82) is 0 Å². The van der Waals surface area contributed by atoms with Gasteiger partial charge in [-0.15, -0.1) is 0 Å². The molecular formula is C26H37Cl2N5O4. The topological polar surface area (TPSA) is 94.2 Å². The summed E-state index contributed by atoms with van der Waals surface area (Å²) in [5.41, 5.74) is 1.25. The summed E-state index contributed by atoms with van der Waals surface area (Å²) in [6.07, 6.45) is 0. The Hall–Kier alpha value is -2.49. The minimum absolute atomic E-state index is 0.0545. The van der Waals surface area contributed by atoms with Gasteiger partial charge in [-0.1, -0.05) is 29.3 Å². The number of halogens is 2. The SMILES string of the molecule is CCOC(=O)C1=C(CN2CCN(C(=O)NC(C)(C)C)[C@@H](C)C2)N(CC)C(=O)N[C@H]1c1ccc(Cl)c(Cl)c1. The fraction of sp³-hybridized carbons (Fsp3) is 0.577. The number of nitrogens with zero attached hydrogens (tertiary/aromatic N) is 3. The number of piperazine rings is 1. The number of hydrogen-bond acceptors (Lipinski definition) is 5. The Morgan fingerprint density at radius 1 is 1.16 bits per heavy atom. The van der Waals surface area contributed by atoms with Gasteiger partial charge in [0, 0.05) is 50.0 Å². The molecule has 2 atom stereocenters. The lowest BCUT2D eigenvalue weighted by atomic mass is 9.94. The van der Waals surface area contributed by atoms with Crippen LogP contribution in [0.5, 0.6) is 0 Å². The molecule has 1 aromatic rings. The largest absolute Gasteiger partial charge is 0.463 e. The van der Waals surface area contributed by atoms with Gasteiger partial charge in [0.25, 0.3) is 0 Å². The van der Waals surface area contributed by atoms with Crippen LogP contribution in [0.25, 0.3) is 0 Å². The molecule has 1 saturated heterocycles. The molecular weight excluding hydrogens is 517 g/mol. The molecule has 11 heteroatoms. The molecule has 2 heterocycles. The fourth-order valence-corrected chi connectivity index (χ4v) is 4.99. The number of amides is 4. The maximum atomic E-state index is 13.3. The van der Waals surface area contributed by atoms with Crippen LogP contribution in [0.4, 0.5) is 9.59 Å². The van der Waals surface area contributed by atoms with E-state index in [0.29, 0.717) is 59.6 Å². The van der Waals surface area contributed by atoms with E-state index in [1.807, 2.05) is 39.5 Å². The van der Waals surface area contributed by atoms with E-state index in [4.69, 9.17) is 27.9 Å². The third kappa shape index (κ3) is 6.89. The Labute approximate surface area is 229 Å². The summed E-state index contributed by atoms with van der Waals surface area (Å²) in [5, 5.41) is 6.67. The van der Waals surface area contributed by atoms with Gasteiger partial charge in [0.15, 0.2) is 0 Å². The average molecular weight is 555 g/mol. The van der Waals surface area contributed by atoms with Crippen molar-refractivity contribution in [3.8, 4) is 0 Å². The normalized spacial score (nSPS) is 21.1. The number of hydrogen-bond donors (Lipinski definition) is 2. The summed E-state index contributed by atoms with van der Waals surface area (Å²) in [5.74, 6) is -0.497. The van der Waals surface area contributed by atoms with Gasteiger partial charge in [0.05, 0.1) is 28.3 Å². The minimum atomic E-state index is -0.740. The molecule has 3 rings (SSSR count). The number of carbonyl (C=O) groups excluding carboxylic acids is 3. The van der Waals surface area contributed by atoms with Gasteiger partial charge < -0.3 is 20.3 Å². The number of ether oxygens (including phenoxy) is 1. The fourth-order valence-electron chi connectivity index (χ4n) is 4.68. The number of rotatable bonds is 6. The molecule has 2 aliphatic rings. The van der Waals surface area contributed by atoms with E-state index in [9.17, 15) is 14.4 Å². The lowest BCUT2D eigenvalue weighted by molar-refractivity contribution is -0.139. The molecule has 0 radical (unpaired) electrons. The van der Waals surface area contributed by atoms with Crippen LogP contribution in [-0.4, -0.2) is 83.6 Å². The highest BCUT2D eigenvalue weighted by atomic mass is 35.5. The highest BCUT2D eigenvalue weighted by Gasteiger charge is 2.39. The summed E-state index contributed by atoms with van der Waals surface area (Å²) < 4.78 is 5.44. The first-order valence-electron chi connectivity index (χ1n) is 12.6. The molecule has 1 fully saturated rings. The van der Waals surface area contributed by atoms with E-state index < -0.39 is 12.0 Å². The summed E-state index contributed by atoms with van der Waals surface area (Å²) in [7, 11) is 0. The van der Waals surface area contributed by atoms with Gasteiger partial charge in [-0.05, 0) is 59.2 Å². The Bertz CT molecular complexity index is 1070. The number of benzene rings is 1. The third-order valence-electron chi connectivity index (χ3n) is 6.35. The Morgan fingerprint density at radius 3 is 2.43 bits per heavy atom. The van der Waals surface area contributed by atoms with Crippen LogP contribution in [0.15, 0.2) is 29.5 Å². The van der Waals surface area contributed by atoms with E-state index in [1.165, 1.54) is 0 Å². The maximum Gasteiger partial charge on any atom is 0.338 e. The van der Waals surface area contributed by atoms with Crippen LogP contribution >= 0.6 is 23.2 Å². The van der Waals surface area contributed by atoms with Gasteiger partial charge in [-0.2, -0.15) is 0 Å². The summed E-state index contributed by atoms with van der Waals surface area (Å²) in [6.45, 7) is 14.1. The lowest BCUT2D eigenvalue weighted by Gasteiger charge is -2.43. The van der Waals surface area contributed by atoms with Crippen molar-refractivity contribution in [1.82, 2.24) is 25.3 Å². The molecule has 1 aromatic carbocycles. The monoisotopic (exact) mass is 553 g/mol. The Balaban J connectivity index is 1.95. The summed E-state index contributed by atoms with van der Waals surface area (Å²) in [6, 6.07) is 3.84. The summed E-state index contributed by atoms with van der Waals surface area (Å²) in [4.78, 5) is 44.8. The molecule has 0 aliphatic carbocycles. The van der Waals surface area contributed by atoms with Gasteiger partial charge in [0.2, 0.25) is 0 Å². The zero-order valence-corrected chi connectivity index (χ0v) is 23.9. The zero-order valence-electron chi connectivity index (χ0n) is 22.4. The van der Waals surface area contributed by atoms with E-state index in [2.05, 4.69) is 15.5 Å². The third-order valence-corrected chi connectivity index (χ3v) is 7.09. The number of nitrogens with one attached hydrogen (secondary N) is 2. The molecule has 0 bridgehead atoms. The Morgan fingerprint density at radius 2 is 1.86 bits per heavy atom. The van der Waals surface area contributed by atoms with Crippen LogP contribution < -0.4 is 10.6 Å². The molecule has 2 N–H and O–H groups in total. The second kappa shape index (κ2) is 11.9. The van der Waals surface area contributed by atoms with Gasteiger partial charge >= 0.3 is 18.0 Å². The van der Waals surface area contributed by atoms with Gasteiger partial charge in [-0.25, -0.2) is 14.4 Å². The smallest absolute Gasteiger partial charge is 0.338 e. The predicted octanol–water partition coefficient (Wildman–Crippen LogP) is 4.41. The van der Waals surface area contributed by atoms with Crippen molar-refractivity contribution in [3.05, 3.63) is 45.1 Å². The number of likely N-dealkylation sites (N-methyl/N-ethyl adjacent to an activating group) is 1. The number of urea groups is 2. The van der Waals surface area contributed by atoms with Crippen molar-refractivity contribution < 1.29 is 19.1 Å². The first kappa shape index (κ1) is 29.1. The minimum Gasteiger partial charge on any atom is -0.463 e. The highest BCUT2D eigenvalue weighted by Crippen LogP contribution is 2.35. The molecule has 0 saturated carbocycles. The number of esters is 1. The molecule has 2 aliphatic heterocycles. The van der Waals surface area contributed by atoms with Crippen molar-refractivity contribution in [2.45, 2.75) is 59.2 Å².